The van der Waals surface area contributed by atoms with Crippen molar-refractivity contribution in [1.82, 2.24) is 24.6 Å². The predicted octanol–water partition coefficient (Wildman–Crippen LogP) is 4.81. The van der Waals surface area contributed by atoms with E-state index in [0.29, 0.717) is 17.3 Å². The zero-order valence-corrected chi connectivity index (χ0v) is 14.6. The first-order valence-electron chi connectivity index (χ1n) is 8.18. The fraction of sp³-hybridized carbons (Fsp3) is 0. The van der Waals surface area contributed by atoms with E-state index < -0.39 is 5.82 Å². The van der Waals surface area contributed by atoms with Gasteiger partial charge < -0.3 is 9.72 Å². The number of halogens is 2. The van der Waals surface area contributed by atoms with E-state index in [2.05, 4.69) is 20.5 Å². The molecule has 5 rings (SSSR count). The van der Waals surface area contributed by atoms with Crippen LogP contribution in [0.5, 0.6) is 0 Å². The lowest BCUT2D eigenvalue weighted by molar-refractivity contribution is 0.628. The van der Waals surface area contributed by atoms with Crippen molar-refractivity contribution in [3.63, 3.8) is 0 Å². The number of nitrogens with zero attached hydrogens (tertiary/aromatic N) is 4. The fourth-order valence-corrected chi connectivity index (χ4v) is 3.35. The number of nitrogens with one attached hydrogen (secondary N) is 2. The Morgan fingerprint density at radius 2 is 1.96 bits per heavy atom. The van der Waals surface area contributed by atoms with Crippen LogP contribution in [0, 0.1) is 5.82 Å². The molecule has 6 nitrogen and oxygen atoms in total. The minimum atomic E-state index is -0.391. The molecule has 0 saturated carbocycles. The Morgan fingerprint density at radius 1 is 1.07 bits per heavy atom. The highest BCUT2D eigenvalue weighted by atomic mass is 35.5. The Morgan fingerprint density at radius 3 is 2.78 bits per heavy atom. The van der Waals surface area contributed by atoms with Gasteiger partial charge in [-0.1, -0.05) is 17.7 Å². The molecule has 0 fully saturated rings. The Bertz CT molecular complexity index is 1280. The SMILES string of the molecule is Fc1ccc(Nc2nc3c(-c4ncn[nH]4)cccc3n3cccc23)c(Cl)c1. The number of aromatic nitrogens is 5. The van der Waals surface area contributed by atoms with E-state index >= 15 is 0 Å². The Hall–Kier alpha value is -3.45. The first-order chi connectivity index (χ1) is 13.2. The summed E-state index contributed by atoms with van der Waals surface area (Å²) in [6.07, 6.45) is 3.42. The van der Waals surface area contributed by atoms with Crippen LogP contribution in [0.25, 0.3) is 27.9 Å². The summed E-state index contributed by atoms with van der Waals surface area (Å²) >= 11 is 6.17. The zero-order chi connectivity index (χ0) is 18.4. The molecule has 0 atom stereocenters. The molecule has 0 aliphatic carbocycles. The number of aromatic amines is 1. The van der Waals surface area contributed by atoms with Gasteiger partial charge in [-0.25, -0.2) is 14.4 Å². The number of fused-ring (bicyclic) bond motifs is 3. The van der Waals surface area contributed by atoms with Gasteiger partial charge in [-0.05, 0) is 42.5 Å². The van der Waals surface area contributed by atoms with Crippen LogP contribution < -0.4 is 5.32 Å². The fourth-order valence-electron chi connectivity index (χ4n) is 3.13. The third kappa shape index (κ3) is 2.60. The summed E-state index contributed by atoms with van der Waals surface area (Å²) in [5, 5.41) is 10.3. The van der Waals surface area contributed by atoms with E-state index in [9.17, 15) is 4.39 Å². The molecule has 0 unspecified atom stereocenters. The monoisotopic (exact) mass is 378 g/mol. The number of rotatable bonds is 3. The summed E-state index contributed by atoms with van der Waals surface area (Å²) in [5.74, 6) is 0.843. The molecule has 132 valence electrons. The van der Waals surface area contributed by atoms with Crippen LogP contribution in [-0.4, -0.2) is 24.6 Å². The van der Waals surface area contributed by atoms with Crippen molar-refractivity contribution in [3.8, 4) is 11.4 Å². The summed E-state index contributed by atoms with van der Waals surface area (Å²) < 4.78 is 15.4. The number of hydrogen-bond acceptors (Lipinski definition) is 4. The third-order valence-electron chi connectivity index (χ3n) is 4.34. The normalized spacial score (nSPS) is 11.3. The molecule has 3 heterocycles. The van der Waals surface area contributed by atoms with Gasteiger partial charge in [0.25, 0.3) is 0 Å². The largest absolute Gasteiger partial charge is 0.337 e. The quantitative estimate of drug-likeness (QED) is 0.472. The first-order valence-corrected chi connectivity index (χ1v) is 8.56. The molecule has 0 spiro atoms. The van der Waals surface area contributed by atoms with E-state index in [1.165, 1.54) is 18.5 Å². The van der Waals surface area contributed by atoms with E-state index in [-0.39, 0.29) is 5.02 Å². The third-order valence-corrected chi connectivity index (χ3v) is 4.66. The van der Waals surface area contributed by atoms with Gasteiger partial charge in [0.05, 0.1) is 21.7 Å². The molecular formula is C19H12ClFN6. The lowest BCUT2D eigenvalue weighted by Crippen LogP contribution is -2.01. The highest BCUT2D eigenvalue weighted by Crippen LogP contribution is 2.32. The second-order valence-corrected chi connectivity index (χ2v) is 6.39. The summed E-state index contributed by atoms with van der Waals surface area (Å²) in [5.41, 5.74) is 3.95. The Kier molecular flexibility index (Phi) is 3.54. The molecule has 0 saturated heterocycles. The van der Waals surface area contributed by atoms with E-state index in [1.54, 1.807) is 6.07 Å². The maximum atomic E-state index is 13.4. The van der Waals surface area contributed by atoms with Gasteiger partial charge in [0.2, 0.25) is 0 Å². The molecule has 3 aromatic heterocycles. The van der Waals surface area contributed by atoms with Gasteiger partial charge in [0.15, 0.2) is 11.6 Å². The average Bonchev–Trinajstić information content (AvgIpc) is 3.35. The van der Waals surface area contributed by atoms with Crippen molar-refractivity contribution >= 4 is 39.7 Å². The van der Waals surface area contributed by atoms with Gasteiger partial charge >= 0.3 is 0 Å². The Balaban J connectivity index is 1.76. The van der Waals surface area contributed by atoms with Crippen molar-refractivity contribution < 1.29 is 4.39 Å². The molecule has 0 radical (unpaired) electrons. The molecule has 8 heteroatoms. The number of para-hydroxylation sites is 1. The van der Waals surface area contributed by atoms with Crippen molar-refractivity contribution in [3.05, 3.63) is 71.9 Å². The molecule has 27 heavy (non-hydrogen) atoms. The van der Waals surface area contributed by atoms with Crippen LogP contribution in [-0.2, 0) is 0 Å². The number of hydrogen-bond donors (Lipinski definition) is 2. The van der Waals surface area contributed by atoms with E-state index in [1.807, 2.05) is 40.9 Å². The second kappa shape index (κ2) is 6.07. The number of benzene rings is 2. The lowest BCUT2D eigenvalue weighted by atomic mass is 10.1. The predicted molar refractivity (Wildman–Crippen MR) is 103 cm³/mol. The minimum absolute atomic E-state index is 0.283. The lowest BCUT2D eigenvalue weighted by Gasteiger charge is -2.13. The van der Waals surface area contributed by atoms with Gasteiger partial charge in [-0.15, -0.1) is 0 Å². The molecule has 0 bridgehead atoms. The first kappa shape index (κ1) is 15.8. The van der Waals surface area contributed by atoms with Crippen molar-refractivity contribution in [1.29, 1.82) is 0 Å². The maximum Gasteiger partial charge on any atom is 0.157 e. The van der Waals surface area contributed by atoms with Crippen molar-refractivity contribution in [2.45, 2.75) is 0 Å². The van der Waals surface area contributed by atoms with Crippen LogP contribution in [0.2, 0.25) is 5.02 Å². The highest BCUT2D eigenvalue weighted by Gasteiger charge is 2.14. The van der Waals surface area contributed by atoms with Crippen molar-refractivity contribution in [2.75, 3.05) is 5.32 Å². The number of H-pyrrole nitrogens is 1. The molecule has 5 aromatic rings. The van der Waals surface area contributed by atoms with Crippen LogP contribution >= 0.6 is 11.6 Å². The second-order valence-electron chi connectivity index (χ2n) is 5.98. The van der Waals surface area contributed by atoms with E-state index in [0.717, 1.165) is 22.1 Å². The summed E-state index contributed by atoms with van der Waals surface area (Å²) in [7, 11) is 0. The maximum absolute atomic E-state index is 13.4. The Labute approximate surface area is 157 Å². The minimum Gasteiger partial charge on any atom is -0.337 e. The van der Waals surface area contributed by atoms with Crippen LogP contribution in [0.3, 0.4) is 0 Å². The van der Waals surface area contributed by atoms with Gasteiger partial charge in [-0.2, -0.15) is 5.10 Å². The van der Waals surface area contributed by atoms with Crippen LogP contribution in [0.15, 0.2) is 61.1 Å². The topological polar surface area (TPSA) is 70.9 Å². The average molecular weight is 379 g/mol. The van der Waals surface area contributed by atoms with Gasteiger partial charge in [-0.3, -0.25) is 5.10 Å². The van der Waals surface area contributed by atoms with Crippen molar-refractivity contribution in [2.24, 2.45) is 0 Å². The highest BCUT2D eigenvalue weighted by molar-refractivity contribution is 6.33. The van der Waals surface area contributed by atoms with Gasteiger partial charge in [0.1, 0.15) is 17.7 Å². The van der Waals surface area contributed by atoms with E-state index in [4.69, 9.17) is 16.6 Å². The molecular weight excluding hydrogens is 367 g/mol. The molecule has 0 amide bonds. The number of anilines is 2. The van der Waals surface area contributed by atoms with Crippen LogP contribution in [0.4, 0.5) is 15.9 Å². The van der Waals surface area contributed by atoms with Gasteiger partial charge in [0, 0.05) is 11.8 Å². The molecule has 2 aromatic carbocycles. The standard InChI is InChI=1S/C19H12ClFN6/c20-13-9-11(21)6-7-14(13)24-19-16-5-2-8-27(16)15-4-1-3-12(17(15)25-19)18-22-10-23-26-18/h1-10H,(H,24,25)(H,22,23,26). The summed E-state index contributed by atoms with van der Waals surface area (Å²) in [6, 6.07) is 14.0. The molecule has 0 aliphatic rings. The summed E-state index contributed by atoms with van der Waals surface area (Å²) in [4.78, 5) is 9.06. The molecule has 0 aliphatic heterocycles. The molecule has 2 N–H and O–H groups in total. The zero-order valence-electron chi connectivity index (χ0n) is 13.8. The van der Waals surface area contributed by atoms with Crippen LogP contribution in [0.1, 0.15) is 0 Å². The smallest absolute Gasteiger partial charge is 0.157 e. The summed E-state index contributed by atoms with van der Waals surface area (Å²) in [6.45, 7) is 0.